The summed E-state index contributed by atoms with van der Waals surface area (Å²) >= 11 is 0. The van der Waals surface area contributed by atoms with Crippen LogP contribution in [0.25, 0.3) is 0 Å². The molecule has 1 aliphatic heterocycles. The summed E-state index contributed by atoms with van der Waals surface area (Å²) in [5.74, 6) is 0.317. The van der Waals surface area contributed by atoms with E-state index in [-0.39, 0.29) is 17.9 Å². The van der Waals surface area contributed by atoms with Crippen molar-refractivity contribution in [2.24, 2.45) is 11.8 Å². The highest BCUT2D eigenvalue weighted by Crippen LogP contribution is 2.29. The van der Waals surface area contributed by atoms with Gasteiger partial charge in [0, 0.05) is 24.7 Å². The minimum absolute atomic E-state index is 0.104. The second-order valence-electron chi connectivity index (χ2n) is 8.13. The van der Waals surface area contributed by atoms with Gasteiger partial charge in [-0.1, -0.05) is 26.7 Å². The molecule has 4 atom stereocenters. The third-order valence-electron chi connectivity index (χ3n) is 6.18. The molecule has 0 spiro atoms. The first-order chi connectivity index (χ1) is 13.4. The number of ether oxygens (including phenoxy) is 1. The molecule has 2 fully saturated rings. The third-order valence-corrected chi connectivity index (χ3v) is 6.18. The Balaban J connectivity index is 1.54. The van der Waals surface area contributed by atoms with Gasteiger partial charge < -0.3 is 15.0 Å². The maximum Gasteiger partial charge on any atom is 0.338 e. The predicted molar refractivity (Wildman–Crippen MR) is 107 cm³/mol. The predicted octanol–water partition coefficient (Wildman–Crippen LogP) is 3.30. The molecule has 0 radical (unpaired) electrons. The molecule has 3 rings (SSSR count). The first-order valence-electron chi connectivity index (χ1n) is 10.3. The molecular formula is C22H30N2O4. The van der Waals surface area contributed by atoms with Crippen molar-refractivity contribution in [1.29, 1.82) is 0 Å². The lowest BCUT2D eigenvalue weighted by Crippen LogP contribution is -2.47. The summed E-state index contributed by atoms with van der Waals surface area (Å²) in [6.45, 7) is 6.68. The number of carbonyl (C=O) groups is 3. The van der Waals surface area contributed by atoms with E-state index in [2.05, 4.69) is 19.2 Å². The largest absolute Gasteiger partial charge is 0.449 e. The zero-order valence-electron chi connectivity index (χ0n) is 16.9. The number of benzene rings is 1. The van der Waals surface area contributed by atoms with Crippen LogP contribution < -0.4 is 10.2 Å². The highest BCUT2D eigenvalue weighted by Gasteiger charge is 2.30. The number of carbonyl (C=O) groups excluding carboxylic acids is 3. The van der Waals surface area contributed by atoms with Gasteiger partial charge in [0.2, 0.25) is 5.91 Å². The zero-order valence-corrected chi connectivity index (χ0v) is 16.9. The van der Waals surface area contributed by atoms with E-state index in [1.54, 1.807) is 36.1 Å². The van der Waals surface area contributed by atoms with Gasteiger partial charge in [-0.15, -0.1) is 0 Å². The van der Waals surface area contributed by atoms with Gasteiger partial charge in [-0.2, -0.15) is 0 Å². The van der Waals surface area contributed by atoms with Crippen molar-refractivity contribution < 1.29 is 19.1 Å². The van der Waals surface area contributed by atoms with Gasteiger partial charge >= 0.3 is 5.97 Å². The van der Waals surface area contributed by atoms with Crippen LogP contribution in [0.2, 0.25) is 0 Å². The maximum atomic E-state index is 12.5. The molecule has 1 N–H and O–H groups in total. The highest BCUT2D eigenvalue weighted by atomic mass is 16.5. The molecule has 2 aliphatic rings. The monoisotopic (exact) mass is 386 g/mol. The molecule has 0 aromatic heterocycles. The minimum Gasteiger partial charge on any atom is -0.449 e. The lowest BCUT2D eigenvalue weighted by molar-refractivity contribution is -0.130. The van der Waals surface area contributed by atoms with Gasteiger partial charge in [-0.3, -0.25) is 9.59 Å². The molecule has 1 saturated carbocycles. The van der Waals surface area contributed by atoms with Crippen LogP contribution in [-0.4, -0.2) is 36.5 Å². The Bertz CT molecular complexity index is 731. The van der Waals surface area contributed by atoms with Gasteiger partial charge in [0.25, 0.3) is 5.91 Å². The average Bonchev–Trinajstić information content (AvgIpc) is 3.11. The molecule has 1 heterocycles. The number of anilines is 1. The van der Waals surface area contributed by atoms with Gasteiger partial charge in [-0.05, 0) is 55.9 Å². The Morgan fingerprint density at radius 1 is 1.14 bits per heavy atom. The van der Waals surface area contributed by atoms with Crippen molar-refractivity contribution in [2.45, 2.75) is 65.0 Å². The minimum atomic E-state index is -0.850. The molecular weight excluding hydrogens is 356 g/mol. The summed E-state index contributed by atoms with van der Waals surface area (Å²) in [7, 11) is 0. The summed E-state index contributed by atoms with van der Waals surface area (Å²) in [4.78, 5) is 38.4. The summed E-state index contributed by atoms with van der Waals surface area (Å²) in [5, 5.41) is 3.05. The molecule has 1 aliphatic carbocycles. The van der Waals surface area contributed by atoms with Crippen molar-refractivity contribution in [3.63, 3.8) is 0 Å². The topological polar surface area (TPSA) is 75.7 Å². The second kappa shape index (κ2) is 8.76. The first kappa shape index (κ1) is 20.4. The highest BCUT2D eigenvalue weighted by molar-refractivity contribution is 5.96. The van der Waals surface area contributed by atoms with Gasteiger partial charge in [0.15, 0.2) is 6.10 Å². The number of esters is 1. The van der Waals surface area contributed by atoms with Crippen molar-refractivity contribution >= 4 is 23.5 Å². The number of nitrogens with zero attached hydrogens (tertiary/aromatic N) is 1. The molecule has 1 aromatic rings. The van der Waals surface area contributed by atoms with Crippen LogP contribution in [0.4, 0.5) is 5.69 Å². The fourth-order valence-corrected chi connectivity index (χ4v) is 4.07. The quantitative estimate of drug-likeness (QED) is 0.788. The molecule has 152 valence electrons. The Hall–Kier alpha value is -2.37. The number of nitrogens with one attached hydrogen (secondary N) is 1. The van der Waals surface area contributed by atoms with Crippen LogP contribution in [0.15, 0.2) is 24.3 Å². The van der Waals surface area contributed by atoms with E-state index >= 15 is 0 Å². The zero-order chi connectivity index (χ0) is 20.3. The maximum absolute atomic E-state index is 12.5. The smallest absolute Gasteiger partial charge is 0.338 e. The lowest BCUT2D eigenvalue weighted by atomic mass is 9.78. The van der Waals surface area contributed by atoms with E-state index in [1.807, 2.05) is 0 Å². The lowest BCUT2D eigenvalue weighted by Gasteiger charge is -2.35. The van der Waals surface area contributed by atoms with Crippen LogP contribution >= 0.6 is 0 Å². The number of hydrogen-bond acceptors (Lipinski definition) is 4. The van der Waals surface area contributed by atoms with Gasteiger partial charge in [-0.25, -0.2) is 4.79 Å². The SMILES string of the molecule is C[C@H]1[C@@H](NC(=O)[C@@H](C)OC(=O)c2ccc(N3CCCC3=O)cc2)CCC[C@@H]1C. The van der Waals surface area contributed by atoms with E-state index in [0.29, 0.717) is 30.4 Å². The molecule has 28 heavy (non-hydrogen) atoms. The first-order valence-corrected chi connectivity index (χ1v) is 10.3. The molecule has 6 nitrogen and oxygen atoms in total. The van der Waals surface area contributed by atoms with E-state index in [0.717, 1.165) is 24.9 Å². The molecule has 2 amide bonds. The van der Waals surface area contributed by atoms with E-state index in [1.165, 1.54) is 6.42 Å². The Morgan fingerprint density at radius 2 is 1.86 bits per heavy atom. The Kier molecular flexibility index (Phi) is 6.37. The second-order valence-corrected chi connectivity index (χ2v) is 8.13. The van der Waals surface area contributed by atoms with Crippen LogP contribution in [0.5, 0.6) is 0 Å². The molecule has 1 aromatic carbocycles. The van der Waals surface area contributed by atoms with E-state index < -0.39 is 12.1 Å². The molecule has 6 heteroatoms. The van der Waals surface area contributed by atoms with Crippen LogP contribution in [0.3, 0.4) is 0 Å². The number of rotatable bonds is 5. The van der Waals surface area contributed by atoms with Crippen LogP contribution in [-0.2, 0) is 14.3 Å². The summed E-state index contributed by atoms with van der Waals surface area (Å²) < 4.78 is 5.36. The molecule has 0 bridgehead atoms. The van der Waals surface area contributed by atoms with Crippen molar-refractivity contribution in [1.82, 2.24) is 5.32 Å². The fourth-order valence-electron chi connectivity index (χ4n) is 4.07. The number of hydrogen-bond donors (Lipinski definition) is 1. The van der Waals surface area contributed by atoms with Crippen molar-refractivity contribution in [3.8, 4) is 0 Å². The van der Waals surface area contributed by atoms with Crippen LogP contribution in [0, 0.1) is 11.8 Å². The van der Waals surface area contributed by atoms with Crippen LogP contribution in [0.1, 0.15) is 63.2 Å². The average molecular weight is 386 g/mol. The summed E-state index contributed by atoms with van der Waals surface area (Å²) in [5.41, 5.74) is 1.15. The standard InChI is InChI=1S/C22H30N2O4/c1-14-6-4-7-19(15(14)2)23-21(26)16(3)28-22(27)17-9-11-18(12-10-17)24-13-5-8-20(24)25/h9-12,14-16,19H,4-8,13H2,1-3H3,(H,23,26)/t14-,15+,16+,19-/m0/s1. The summed E-state index contributed by atoms with van der Waals surface area (Å²) in [6, 6.07) is 6.90. The fraction of sp³-hybridized carbons (Fsp3) is 0.591. The Labute approximate surface area is 166 Å². The van der Waals surface area contributed by atoms with E-state index in [9.17, 15) is 14.4 Å². The number of amides is 2. The molecule has 0 unspecified atom stereocenters. The normalized spacial score (nSPS) is 26.0. The molecule has 1 saturated heterocycles. The summed E-state index contributed by atoms with van der Waals surface area (Å²) in [6.07, 6.45) is 3.83. The third kappa shape index (κ3) is 4.54. The van der Waals surface area contributed by atoms with Gasteiger partial charge in [0.1, 0.15) is 0 Å². The van der Waals surface area contributed by atoms with E-state index in [4.69, 9.17) is 4.74 Å². The van der Waals surface area contributed by atoms with Crippen molar-refractivity contribution in [3.05, 3.63) is 29.8 Å². The van der Waals surface area contributed by atoms with Gasteiger partial charge in [0.05, 0.1) is 5.56 Å². The van der Waals surface area contributed by atoms with Crippen molar-refractivity contribution in [2.75, 3.05) is 11.4 Å². The Morgan fingerprint density at radius 3 is 2.50 bits per heavy atom.